The van der Waals surface area contributed by atoms with Crippen LogP contribution in [0.1, 0.15) is 26.7 Å². The third-order valence-corrected chi connectivity index (χ3v) is 3.25. The molecule has 6 nitrogen and oxygen atoms in total. The summed E-state index contributed by atoms with van der Waals surface area (Å²) in [5.74, 6) is 0.0282. The van der Waals surface area contributed by atoms with E-state index in [1.54, 1.807) is 11.8 Å². The van der Waals surface area contributed by atoms with Gasteiger partial charge in [0, 0.05) is 26.0 Å². The molecule has 106 valence electrons. The zero-order chi connectivity index (χ0) is 13.8. The van der Waals surface area contributed by atoms with E-state index in [1.807, 2.05) is 6.92 Å². The average Bonchev–Trinajstić information content (AvgIpc) is 2.39. The SMILES string of the molecule is CCOC(=O)N1CCC(=O)C2=CO[C@@H](OCC)C[C@H]21. The van der Waals surface area contributed by atoms with Gasteiger partial charge in [-0.3, -0.25) is 4.79 Å². The Bertz CT molecular complexity index is 392. The fourth-order valence-corrected chi connectivity index (χ4v) is 2.38. The van der Waals surface area contributed by atoms with Gasteiger partial charge in [-0.2, -0.15) is 0 Å². The van der Waals surface area contributed by atoms with Crippen LogP contribution < -0.4 is 0 Å². The summed E-state index contributed by atoms with van der Waals surface area (Å²) >= 11 is 0. The molecule has 1 amide bonds. The average molecular weight is 269 g/mol. The molecule has 1 fully saturated rings. The predicted octanol–water partition coefficient (Wildman–Crippen LogP) is 1.45. The number of Topliss-reactive ketones (excluding diaryl/α,β-unsaturated/α-hetero) is 1. The Hall–Kier alpha value is -1.56. The van der Waals surface area contributed by atoms with E-state index >= 15 is 0 Å². The number of ketones is 1. The molecule has 0 bridgehead atoms. The van der Waals surface area contributed by atoms with Crippen molar-refractivity contribution < 1.29 is 23.8 Å². The summed E-state index contributed by atoms with van der Waals surface area (Å²) in [4.78, 5) is 25.3. The first-order chi connectivity index (χ1) is 9.17. The molecule has 2 rings (SSSR count). The number of hydrogen-bond donors (Lipinski definition) is 0. The van der Waals surface area contributed by atoms with Crippen LogP contribution >= 0.6 is 0 Å². The van der Waals surface area contributed by atoms with Crippen molar-refractivity contribution in [1.29, 1.82) is 0 Å². The van der Waals surface area contributed by atoms with E-state index < -0.39 is 6.29 Å². The largest absolute Gasteiger partial charge is 0.472 e. The summed E-state index contributed by atoms with van der Waals surface area (Å²) in [6, 6.07) is -0.300. The molecule has 2 heterocycles. The lowest BCUT2D eigenvalue weighted by Gasteiger charge is -2.39. The van der Waals surface area contributed by atoms with Gasteiger partial charge in [0.2, 0.25) is 6.29 Å². The van der Waals surface area contributed by atoms with Crippen molar-refractivity contribution in [3.05, 3.63) is 11.8 Å². The number of piperidine rings is 1. The summed E-state index contributed by atoms with van der Waals surface area (Å²) in [7, 11) is 0. The number of amides is 1. The monoisotopic (exact) mass is 269 g/mol. The molecule has 2 aliphatic heterocycles. The van der Waals surface area contributed by atoms with Crippen LogP contribution in [0.25, 0.3) is 0 Å². The summed E-state index contributed by atoms with van der Waals surface area (Å²) in [6.45, 7) is 4.86. The number of nitrogens with zero attached hydrogens (tertiary/aromatic N) is 1. The second kappa shape index (κ2) is 6.06. The minimum atomic E-state index is -0.415. The van der Waals surface area contributed by atoms with Crippen LogP contribution in [0.4, 0.5) is 4.79 Å². The molecule has 0 unspecified atom stereocenters. The first-order valence-electron chi connectivity index (χ1n) is 6.61. The minimum Gasteiger partial charge on any atom is -0.472 e. The molecule has 2 atom stereocenters. The van der Waals surface area contributed by atoms with Gasteiger partial charge in [0.1, 0.15) is 0 Å². The van der Waals surface area contributed by atoms with E-state index in [2.05, 4.69) is 0 Å². The van der Waals surface area contributed by atoms with Crippen LogP contribution in [-0.4, -0.2) is 48.9 Å². The topological polar surface area (TPSA) is 65.1 Å². The van der Waals surface area contributed by atoms with E-state index in [0.29, 0.717) is 38.2 Å². The smallest absolute Gasteiger partial charge is 0.410 e. The van der Waals surface area contributed by atoms with E-state index in [-0.39, 0.29) is 17.9 Å². The first kappa shape index (κ1) is 13.9. The Morgan fingerprint density at radius 2 is 2.26 bits per heavy atom. The molecule has 19 heavy (non-hydrogen) atoms. The van der Waals surface area contributed by atoms with Crippen molar-refractivity contribution in [2.24, 2.45) is 0 Å². The number of fused-ring (bicyclic) bond motifs is 1. The second-order valence-electron chi connectivity index (χ2n) is 4.41. The fraction of sp³-hybridized carbons (Fsp3) is 0.692. The van der Waals surface area contributed by atoms with Crippen molar-refractivity contribution in [1.82, 2.24) is 4.90 Å². The second-order valence-corrected chi connectivity index (χ2v) is 4.41. The molecule has 0 saturated carbocycles. The molecular weight excluding hydrogens is 250 g/mol. The quantitative estimate of drug-likeness (QED) is 0.776. The Balaban J connectivity index is 2.15. The van der Waals surface area contributed by atoms with Crippen LogP contribution in [0.15, 0.2) is 11.8 Å². The van der Waals surface area contributed by atoms with Gasteiger partial charge in [-0.1, -0.05) is 0 Å². The van der Waals surface area contributed by atoms with E-state index in [0.717, 1.165) is 0 Å². The van der Waals surface area contributed by atoms with E-state index in [1.165, 1.54) is 6.26 Å². The maximum absolute atomic E-state index is 11.9. The van der Waals surface area contributed by atoms with Crippen LogP contribution in [0, 0.1) is 0 Å². The van der Waals surface area contributed by atoms with Crippen LogP contribution in [-0.2, 0) is 19.0 Å². The van der Waals surface area contributed by atoms with Crippen molar-refractivity contribution in [2.45, 2.75) is 39.0 Å². The zero-order valence-electron chi connectivity index (χ0n) is 11.3. The number of ether oxygens (including phenoxy) is 3. The molecular formula is C13H19NO5. The van der Waals surface area contributed by atoms with Crippen molar-refractivity contribution >= 4 is 11.9 Å². The van der Waals surface area contributed by atoms with Gasteiger partial charge in [0.05, 0.1) is 24.5 Å². The van der Waals surface area contributed by atoms with Gasteiger partial charge in [-0.15, -0.1) is 0 Å². The van der Waals surface area contributed by atoms with Gasteiger partial charge in [-0.25, -0.2) is 4.79 Å². The molecule has 0 radical (unpaired) electrons. The van der Waals surface area contributed by atoms with Crippen molar-refractivity contribution in [3.63, 3.8) is 0 Å². The maximum Gasteiger partial charge on any atom is 0.410 e. The van der Waals surface area contributed by atoms with Gasteiger partial charge in [0.15, 0.2) is 5.78 Å². The third kappa shape index (κ3) is 2.89. The predicted molar refractivity (Wildman–Crippen MR) is 66.3 cm³/mol. The molecule has 0 aliphatic carbocycles. The highest BCUT2D eigenvalue weighted by molar-refractivity contribution is 5.98. The summed E-state index contributed by atoms with van der Waals surface area (Å²) in [6.07, 6.45) is 1.40. The summed E-state index contributed by atoms with van der Waals surface area (Å²) in [5.41, 5.74) is 0.537. The number of hydrogen-bond acceptors (Lipinski definition) is 5. The van der Waals surface area contributed by atoms with E-state index in [9.17, 15) is 9.59 Å². The minimum absolute atomic E-state index is 0.0282. The van der Waals surface area contributed by atoms with Gasteiger partial charge >= 0.3 is 6.09 Å². The lowest BCUT2D eigenvalue weighted by Crippen LogP contribution is -2.51. The standard InChI is InChI=1S/C13H19NO5/c1-3-17-12-7-10-9(8-19-12)11(15)5-6-14(10)13(16)18-4-2/h8,10,12H,3-7H2,1-2H3/t10-,12-/m1/s1. The van der Waals surface area contributed by atoms with Crippen molar-refractivity contribution in [3.8, 4) is 0 Å². The summed E-state index contributed by atoms with van der Waals surface area (Å²) in [5, 5.41) is 0. The van der Waals surface area contributed by atoms with Gasteiger partial charge in [-0.05, 0) is 13.8 Å². The molecule has 0 aromatic heterocycles. The highest BCUT2D eigenvalue weighted by Gasteiger charge is 2.40. The number of carbonyl (C=O) groups is 2. The lowest BCUT2D eigenvalue weighted by molar-refractivity contribution is -0.133. The summed E-state index contributed by atoms with van der Waals surface area (Å²) < 4.78 is 15.8. The van der Waals surface area contributed by atoms with Crippen LogP contribution in [0.3, 0.4) is 0 Å². The third-order valence-electron chi connectivity index (χ3n) is 3.25. The highest BCUT2D eigenvalue weighted by Crippen LogP contribution is 2.29. The molecule has 6 heteroatoms. The normalized spacial score (nSPS) is 26.3. The Labute approximate surface area is 112 Å². The molecule has 0 spiro atoms. The Morgan fingerprint density at radius 1 is 1.47 bits per heavy atom. The molecule has 0 aromatic rings. The van der Waals surface area contributed by atoms with E-state index in [4.69, 9.17) is 14.2 Å². The Kier molecular flexibility index (Phi) is 4.42. The molecule has 0 aromatic carbocycles. The van der Waals surface area contributed by atoms with Crippen molar-refractivity contribution in [2.75, 3.05) is 19.8 Å². The van der Waals surface area contributed by atoms with Crippen LogP contribution in [0.2, 0.25) is 0 Å². The maximum atomic E-state index is 11.9. The fourth-order valence-electron chi connectivity index (χ4n) is 2.38. The molecule has 1 saturated heterocycles. The number of carbonyl (C=O) groups excluding carboxylic acids is 2. The van der Waals surface area contributed by atoms with Crippen LogP contribution in [0.5, 0.6) is 0 Å². The Morgan fingerprint density at radius 3 is 2.95 bits per heavy atom. The first-order valence-corrected chi connectivity index (χ1v) is 6.61. The number of likely N-dealkylation sites (tertiary alicyclic amines) is 1. The zero-order valence-corrected chi connectivity index (χ0v) is 11.3. The molecule has 0 N–H and O–H groups in total. The number of rotatable bonds is 3. The molecule has 2 aliphatic rings. The highest BCUT2D eigenvalue weighted by atomic mass is 16.7. The lowest BCUT2D eigenvalue weighted by atomic mass is 9.92. The van der Waals surface area contributed by atoms with Gasteiger partial charge < -0.3 is 19.1 Å². The van der Waals surface area contributed by atoms with Gasteiger partial charge in [0.25, 0.3) is 0 Å².